The van der Waals surface area contributed by atoms with Crippen molar-refractivity contribution in [1.29, 1.82) is 5.26 Å². The van der Waals surface area contributed by atoms with E-state index < -0.39 is 11.7 Å². The Kier molecular flexibility index (Phi) is 6.99. The van der Waals surface area contributed by atoms with Crippen LogP contribution in [-0.2, 0) is 19.3 Å². The van der Waals surface area contributed by atoms with E-state index in [0.717, 1.165) is 37.8 Å². The second-order valence-electron chi connectivity index (χ2n) is 8.26. The van der Waals surface area contributed by atoms with Gasteiger partial charge in [-0.05, 0) is 60.2 Å². The van der Waals surface area contributed by atoms with Crippen LogP contribution in [0.3, 0.4) is 0 Å². The molecule has 1 aromatic heterocycles. The summed E-state index contributed by atoms with van der Waals surface area (Å²) in [5.74, 6) is 0. The molecule has 3 nitrogen and oxygen atoms in total. The molecule has 2 aromatic carbocycles. The average molecular weight is 490 g/mol. The van der Waals surface area contributed by atoms with Crippen LogP contribution < -0.4 is 4.90 Å². The molecule has 0 saturated carbocycles. The number of likely N-dealkylation sites (tertiary alicyclic amines) is 1. The summed E-state index contributed by atoms with van der Waals surface area (Å²) in [7, 11) is 0. The van der Waals surface area contributed by atoms with Crippen LogP contribution in [0.15, 0.2) is 53.9 Å². The quantitative estimate of drug-likeness (QED) is 0.378. The molecule has 172 valence electrons. The molecule has 1 atom stereocenters. The van der Waals surface area contributed by atoms with Gasteiger partial charge in [-0.1, -0.05) is 29.8 Å². The van der Waals surface area contributed by atoms with Gasteiger partial charge in [0, 0.05) is 42.8 Å². The molecule has 1 saturated heterocycles. The van der Waals surface area contributed by atoms with Gasteiger partial charge in [-0.3, -0.25) is 4.90 Å². The van der Waals surface area contributed by atoms with Crippen molar-refractivity contribution in [3.8, 4) is 6.07 Å². The van der Waals surface area contributed by atoms with E-state index in [1.165, 1.54) is 22.6 Å². The van der Waals surface area contributed by atoms with Gasteiger partial charge in [0.25, 0.3) is 0 Å². The predicted molar refractivity (Wildman–Crippen MR) is 127 cm³/mol. The summed E-state index contributed by atoms with van der Waals surface area (Å²) in [6, 6.07) is 15.0. The minimum atomic E-state index is -4.43. The summed E-state index contributed by atoms with van der Waals surface area (Å²) in [6.45, 7) is 4.64. The van der Waals surface area contributed by atoms with E-state index in [0.29, 0.717) is 10.6 Å². The van der Waals surface area contributed by atoms with Gasteiger partial charge in [0.05, 0.1) is 16.1 Å². The van der Waals surface area contributed by atoms with Crippen LogP contribution in [0.25, 0.3) is 0 Å². The minimum Gasteiger partial charge on any atom is -0.363 e. The topological polar surface area (TPSA) is 30.3 Å². The molecule has 0 spiro atoms. The van der Waals surface area contributed by atoms with Crippen molar-refractivity contribution in [3.05, 3.63) is 86.1 Å². The standard InChI is InChI=1S/C25H23ClF3N3S/c1-17-9-11-33-24(17)16-31-10-8-21(15-31)32(20-7-6-18(13-30)23(26)12-20)14-19-4-2-3-5-22(19)25(27,28)29/h2-7,9,11-12,21H,8,10,14-16H2,1H3. The number of aryl methyl sites for hydroxylation is 1. The average Bonchev–Trinajstić information content (AvgIpc) is 3.41. The predicted octanol–water partition coefficient (Wildman–Crippen LogP) is 6.88. The molecule has 0 bridgehead atoms. The van der Waals surface area contributed by atoms with E-state index in [1.807, 2.05) is 11.0 Å². The Labute approximate surface area is 200 Å². The zero-order valence-electron chi connectivity index (χ0n) is 18.1. The summed E-state index contributed by atoms with van der Waals surface area (Å²) in [5.41, 5.74) is 1.92. The number of anilines is 1. The lowest BCUT2D eigenvalue weighted by Crippen LogP contribution is -2.37. The fraction of sp³-hybridized carbons (Fsp3) is 0.320. The lowest BCUT2D eigenvalue weighted by atomic mass is 10.0. The number of hydrogen-bond donors (Lipinski definition) is 0. The highest BCUT2D eigenvalue weighted by atomic mass is 35.5. The van der Waals surface area contributed by atoms with E-state index in [4.69, 9.17) is 11.6 Å². The highest BCUT2D eigenvalue weighted by Gasteiger charge is 2.35. The summed E-state index contributed by atoms with van der Waals surface area (Å²) in [4.78, 5) is 5.65. The largest absolute Gasteiger partial charge is 0.416 e. The Hall–Kier alpha value is -2.53. The van der Waals surface area contributed by atoms with Crippen LogP contribution in [0.2, 0.25) is 5.02 Å². The van der Waals surface area contributed by atoms with Crippen molar-refractivity contribution in [2.45, 2.75) is 38.7 Å². The second-order valence-corrected chi connectivity index (χ2v) is 9.67. The van der Waals surface area contributed by atoms with Gasteiger partial charge in [0.2, 0.25) is 0 Å². The van der Waals surface area contributed by atoms with Gasteiger partial charge >= 0.3 is 6.18 Å². The smallest absolute Gasteiger partial charge is 0.363 e. The highest BCUT2D eigenvalue weighted by molar-refractivity contribution is 7.10. The minimum absolute atomic E-state index is 0.0237. The van der Waals surface area contributed by atoms with Crippen molar-refractivity contribution in [2.75, 3.05) is 18.0 Å². The Morgan fingerprint density at radius 2 is 2.00 bits per heavy atom. The number of hydrogen-bond acceptors (Lipinski definition) is 4. The van der Waals surface area contributed by atoms with Crippen LogP contribution in [-0.4, -0.2) is 24.0 Å². The number of nitriles is 1. The van der Waals surface area contributed by atoms with Gasteiger partial charge in [-0.15, -0.1) is 11.3 Å². The summed E-state index contributed by atoms with van der Waals surface area (Å²) in [6.07, 6.45) is -3.60. The maximum absolute atomic E-state index is 13.7. The first-order chi connectivity index (χ1) is 15.8. The van der Waals surface area contributed by atoms with Crippen molar-refractivity contribution in [1.82, 2.24) is 4.90 Å². The molecule has 0 radical (unpaired) electrons. The first-order valence-electron chi connectivity index (χ1n) is 10.6. The van der Waals surface area contributed by atoms with E-state index in [1.54, 1.807) is 35.6 Å². The Morgan fingerprint density at radius 3 is 2.67 bits per heavy atom. The van der Waals surface area contributed by atoms with Crippen molar-refractivity contribution in [3.63, 3.8) is 0 Å². The van der Waals surface area contributed by atoms with Crippen LogP contribution in [0, 0.1) is 18.3 Å². The first-order valence-corrected chi connectivity index (χ1v) is 11.9. The Morgan fingerprint density at radius 1 is 1.21 bits per heavy atom. The fourth-order valence-electron chi connectivity index (χ4n) is 4.30. The molecule has 4 rings (SSSR count). The van der Waals surface area contributed by atoms with Crippen molar-refractivity contribution in [2.24, 2.45) is 0 Å². The molecule has 2 heterocycles. The molecule has 0 amide bonds. The number of benzene rings is 2. The van der Waals surface area contributed by atoms with Gasteiger partial charge in [0.15, 0.2) is 0 Å². The maximum atomic E-state index is 13.7. The number of thiophene rings is 1. The van der Waals surface area contributed by atoms with Crippen LogP contribution in [0.5, 0.6) is 0 Å². The number of rotatable bonds is 6. The maximum Gasteiger partial charge on any atom is 0.416 e. The van der Waals surface area contributed by atoms with Gasteiger partial charge in [-0.2, -0.15) is 18.4 Å². The monoisotopic (exact) mass is 489 g/mol. The third-order valence-electron chi connectivity index (χ3n) is 6.09. The lowest BCUT2D eigenvalue weighted by Gasteiger charge is -2.32. The number of alkyl halides is 3. The Bertz CT molecular complexity index is 1170. The van der Waals surface area contributed by atoms with Gasteiger partial charge in [-0.25, -0.2) is 0 Å². The SMILES string of the molecule is Cc1ccsc1CN1CCC(N(Cc2ccccc2C(F)(F)F)c2ccc(C#N)c(Cl)c2)C1. The van der Waals surface area contributed by atoms with E-state index in [2.05, 4.69) is 23.3 Å². The van der Waals surface area contributed by atoms with Crippen molar-refractivity contribution < 1.29 is 13.2 Å². The molecule has 1 fully saturated rings. The van der Waals surface area contributed by atoms with E-state index in [9.17, 15) is 18.4 Å². The highest BCUT2D eigenvalue weighted by Crippen LogP contribution is 2.35. The lowest BCUT2D eigenvalue weighted by molar-refractivity contribution is -0.138. The molecular formula is C25H23ClF3N3S. The van der Waals surface area contributed by atoms with Gasteiger partial charge in [0.1, 0.15) is 6.07 Å². The van der Waals surface area contributed by atoms with Crippen LogP contribution >= 0.6 is 22.9 Å². The molecule has 0 N–H and O–H groups in total. The zero-order chi connectivity index (χ0) is 23.6. The summed E-state index contributed by atoms with van der Waals surface area (Å²) >= 11 is 8.02. The third-order valence-corrected chi connectivity index (χ3v) is 7.41. The third kappa shape index (κ3) is 5.35. The zero-order valence-corrected chi connectivity index (χ0v) is 19.6. The van der Waals surface area contributed by atoms with Crippen molar-refractivity contribution >= 4 is 28.6 Å². The van der Waals surface area contributed by atoms with Crippen LogP contribution in [0.1, 0.15) is 33.6 Å². The molecule has 0 aliphatic carbocycles. The van der Waals surface area contributed by atoms with E-state index >= 15 is 0 Å². The molecule has 3 aromatic rings. The summed E-state index contributed by atoms with van der Waals surface area (Å²) in [5, 5.41) is 11.6. The second kappa shape index (κ2) is 9.76. The normalized spacial score (nSPS) is 16.7. The Balaban J connectivity index is 1.64. The number of halogens is 4. The molecule has 33 heavy (non-hydrogen) atoms. The van der Waals surface area contributed by atoms with E-state index in [-0.39, 0.29) is 18.2 Å². The number of nitrogens with zero attached hydrogens (tertiary/aromatic N) is 3. The van der Waals surface area contributed by atoms with Crippen LogP contribution in [0.4, 0.5) is 18.9 Å². The first kappa shape index (κ1) is 23.6. The molecule has 8 heteroatoms. The van der Waals surface area contributed by atoms with Gasteiger partial charge < -0.3 is 4.90 Å². The summed E-state index contributed by atoms with van der Waals surface area (Å²) < 4.78 is 41.0. The molecule has 1 aliphatic heterocycles. The molecule has 1 aliphatic rings. The molecular weight excluding hydrogens is 467 g/mol. The molecule has 1 unspecified atom stereocenters. The fourth-order valence-corrected chi connectivity index (χ4v) is 5.47.